The Morgan fingerprint density at radius 3 is 2.27 bits per heavy atom. The standard InChI is InChI=1S/C29H26N2O5S/c1-35-23-15-8-14-22(19-23)30-28(33)26(21-12-6-3-7-13-21)36-29(34)24(18-20-10-4-2-5-11-20)31-27(32)25-16-9-17-37-25/h2-17,19,24,26H,18H2,1H3,(H,30,33)(H,31,32)/t24-,26-/m0/s1. The topological polar surface area (TPSA) is 93.7 Å². The molecule has 2 amide bonds. The van der Waals surface area contributed by atoms with Crippen LogP contribution in [0, 0.1) is 0 Å². The van der Waals surface area contributed by atoms with Gasteiger partial charge < -0.3 is 20.1 Å². The summed E-state index contributed by atoms with van der Waals surface area (Å²) in [5, 5.41) is 7.35. The Labute approximate surface area is 219 Å². The minimum absolute atomic E-state index is 0.204. The number of hydrogen-bond acceptors (Lipinski definition) is 6. The van der Waals surface area contributed by atoms with Gasteiger partial charge in [-0.25, -0.2) is 4.79 Å². The zero-order valence-corrected chi connectivity index (χ0v) is 20.9. The van der Waals surface area contributed by atoms with Crippen LogP contribution in [0.4, 0.5) is 5.69 Å². The van der Waals surface area contributed by atoms with Gasteiger partial charge in [0.2, 0.25) is 6.10 Å². The van der Waals surface area contributed by atoms with Crippen LogP contribution in [0.5, 0.6) is 5.75 Å². The van der Waals surface area contributed by atoms with E-state index in [1.54, 1.807) is 66.0 Å². The average molecular weight is 515 g/mol. The van der Waals surface area contributed by atoms with Gasteiger partial charge in [-0.1, -0.05) is 72.8 Å². The predicted molar refractivity (Wildman–Crippen MR) is 143 cm³/mol. The van der Waals surface area contributed by atoms with E-state index in [1.807, 2.05) is 36.4 Å². The minimum Gasteiger partial charge on any atom is -0.497 e. The first-order valence-electron chi connectivity index (χ1n) is 11.6. The summed E-state index contributed by atoms with van der Waals surface area (Å²) in [6, 6.07) is 27.4. The molecule has 0 fully saturated rings. The summed E-state index contributed by atoms with van der Waals surface area (Å²) in [5.74, 6) is -1.06. The van der Waals surface area contributed by atoms with Crippen molar-refractivity contribution in [3.05, 3.63) is 118 Å². The van der Waals surface area contributed by atoms with Crippen LogP contribution in [0.15, 0.2) is 102 Å². The van der Waals surface area contributed by atoms with Gasteiger partial charge in [0.25, 0.3) is 11.8 Å². The lowest BCUT2D eigenvalue weighted by Crippen LogP contribution is -2.44. The second-order valence-corrected chi connectivity index (χ2v) is 9.09. The van der Waals surface area contributed by atoms with E-state index < -0.39 is 24.0 Å². The number of ether oxygens (including phenoxy) is 2. The van der Waals surface area contributed by atoms with Crippen molar-refractivity contribution in [2.45, 2.75) is 18.6 Å². The van der Waals surface area contributed by atoms with Gasteiger partial charge in [0.15, 0.2) is 0 Å². The average Bonchev–Trinajstić information content (AvgIpc) is 3.48. The summed E-state index contributed by atoms with van der Waals surface area (Å²) >= 11 is 1.27. The molecule has 2 N–H and O–H groups in total. The van der Waals surface area contributed by atoms with Crippen LogP contribution < -0.4 is 15.4 Å². The molecule has 1 heterocycles. The predicted octanol–water partition coefficient (Wildman–Crippen LogP) is 5.02. The van der Waals surface area contributed by atoms with E-state index in [4.69, 9.17) is 9.47 Å². The molecule has 4 aromatic rings. The molecule has 0 bridgehead atoms. The van der Waals surface area contributed by atoms with Crippen molar-refractivity contribution in [2.24, 2.45) is 0 Å². The Kier molecular flexibility index (Phi) is 8.67. The minimum atomic E-state index is -1.24. The summed E-state index contributed by atoms with van der Waals surface area (Å²) in [6.07, 6.45) is -1.03. The molecule has 37 heavy (non-hydrogen) atoms. The lowest BCUT2D eigenvalue weighted by atomic mass is 10.0. The summed E-state index contributed by atoms with van der Waals surface area (Å²) in [7, 11) is 1.53. The first kappa shape index (κ1) is 25.7. The molecule has 0 saturated carbocycles. The highest BCUT2D eigenvalue weighted by molar-refractivity contribution is 7.12. The van der Waals surface area contributed by atoms with E-state index in [0.717, 1.165) is 5.56 Å². The largest absolute Gasteiger partial charge is 0.497 e. The van der Waals surface area contributed by atoms with Crippen LogP contribution in [0.3, 0.4) is 0 Å². The molecule has 0 aliphatic rings. The smallest absolute Gasteiger partial charge is 0.330 e. The summed E-state index contributed by atoms with van der Waals surface area (Å²) < 4.78 is 11.0. The highest BCUT2D eigenvalue weighted by Crippen LogP contribution is 2.23. The molecule has 7 nitrogen and oxygen atoms in total. The van der Waals surface area contributed by atoms with Gasteiger partial charge in [-0.2, -0.15) is 0 Å². The SMILES string of the molecule is COc1cccc(NC(=O)[C@@H](OC(=O)[C@H](Cc2ccccc2)NC(=O)c2cccs2)c2ccccc2)c1. The van der Waals surface area contributed by atoms with Crippen molar-refractivity contribution in [3.8, 4) is 5.75 Å². The first-order valence-corrected chi connectivity index (χ1v) is 12.5. The van der Waals surface area contributed by atoms with Crippen LogP contribution in [0.1, 0.15) is 26.9 Å². The van der Waals surface area contributed by atoms with Crippen LogP contribution in [0.25, 0.3) is 0 Å². The number of rotatable bonds is 10. The highest BCUT2D eigenvalue weighted by atomic mass is 32.1. The van der Waals surface area contributed by atoms with Crippen LogP contribution in [-0.4, -0.2) is 30.9 Å². The van der Waals surface area contributed by atoms with Gasteiger partial charge in [0.1, 0.15) is 11.8 Å². The lowest BCUT2D eigenvalue weighted by Gasteiger charge is -2.23. The van der Waals surface area contributed by atoms with Crippen LogP contribution >= 0.6 is 11.3 Å². The first-order chi connectivity index (χ1) is 18.0. The summed E-state index contributed by atoms with van der Waals surface area (Å²) in [5.41, 5.74) is 1.83. The number of esters is 1. The molecule has 2 atom stereocenters. The second-order valence-electron chi connectivity index (χ2n) is 8.14. The molecule has 1 aromatic heterocycles. The van der Waals surface area contributed by atoms with Gasteiger partial charge in [-0.15, -0.1) is 11.3 Å². The second kappa shape index (κ2) is 12.5. The quantitative estimate of drug-likeness (QED) is 0.290. The molecule has 8 heteroatoms. The molecule has 0 radical (unpaired) electrons. The Balaban J connectivity index is 1.57. The maximum absolute atomic E-state index is 13.5. The number of thiophene rings is 1. The highest BCUT2D eigenvalue weighted by Gasteiger charge is 2.31. The maximum atomic E-state index is 13.5. The third kappa shape index (κ3) is 7.05. The van der Waals surface area contributed by atoms with Gasteiger partial charge >= 0.3 is 5.97 Å². The van der Waals surface area contributed by atoms with E-state index >= 15 is 0 Å². The van der Waals surface area contributed by atoms with Gasteiger partial charge in [0.05, 0.1) is 12.0 Å². The number of carbonyl (C=O) groups excluding carboxylic acids is 3. The fourth-order valence-electron chi connectivity index (χ4n) is 3.69. The molecule has 0 saturated heterocycles. The van der Waals surface area contributed by atoms with Gasteiger partial charge in [-0.3, -0.25) is 9.59 Å². The summed E-state index contributed by atoms with van der Waals surface area (Å²) in [6.45, 7) is 0. The van der Waals surface area contributed by atoms with Gasteiger partial charge in [-0.05, 0) is 29.1 Å². The zero-order chi connectivity index (χ0) is 26.0. The van der Waals surface area contributed by atoms with Crippen LogP contribution in [-0.2, 0) is 20.7 Å². The lowest BCUT2D eigenvalue weighted by molar-refractivity contribution is -0.156. The van der Waals surface area contributed by atoms with Crippen molar-refractivity contribution in [1.29, 1.82) is 0 Å². The molecule has 4 rings (SSSR count). The maximum Gasteiger partial charge on any atom is 0.330 e. The number of carbonyl (C=O) groups is 3. The Hall–Kier alpha value is -4.43. The number of hydrogen-bond donors (Lipinski definition) is 2. The number of amides is 2. The van der Waals surface area contributed by atoms with Crippen molar-refractivity contribution < 1.29 is 23.9 Å². The van der Waals surface area contributed by atoms with E-state index in [-0.39, 0.29) is 12.3 Å². The van der Waals surface area contributed by atoms with Crippen molar-refractivity contribution in [2.75, 3.05) is 12.4 Å². The molecular weight excluding hydrogens is 488 g/mol. The molecule has 0 spiro atoms. The number of benzene rings is 3. The number of anilines is 1. The van der Waals surface area contributed by atoms with E-state index in [2.05, 4.69) is 10.6 Å². The summed E-state index contributed by atoms with van der Waals surface area (Å²) in [4.78, 5) is 40.1. The fourth-order valence-corrected chi connectivity index (χ4v) is 4.31. The molecule has 0 unspecified atom stereocenters. The zero-order valence-electron chi connectivity index (χ0n) is 20.1. The number of methoxy groups -OCH3 is 1. The molecular formula is C29H26N2O5S. The Morgan fingerprint density at radius 2 is 1.59 bits per heavy atom. The normalized spacial score (nSPS) is 12.1. The molecule has 3 aromatic carbocycles. The molecule has 0 aliphatic heterocycles. The van der Waals surface area contributed by atoms with Gasteiger partial charge in [0, 0.05) is 23.7 Å². The molecule has 188 valence electrons. The van der Waals surface area contributed by atoms with E-state index in [0.29, 0.717) is 21.9 Å². The molecule has 0 aliphatic carbocycles. The Bertz CT molecular complexity index is 1330. The third-order valence-electron chi connectivity index (χ3n) is 5.53. The van der Waals surface area contributed by atoms with Crippen LogP contribution in [0.2, 0.25) is 0 Å². The fraction of sp³-hybridized carbons (Fsp3) is 0.138. The Morgan fingerprint density at radius 1 is 0.865 bits per heavy atom. The monoisotopic (exact) mass is 514 g/mol. The van der Waals surface area contributed by atoms with E-state index in [9.17, 15) is 14.4 Å². The van der Waals surface area contributed by atoms with E-state index in [1.165, 1.54) is 18.4 Å². The van der Waals surface area contributed by atoms with Crippen molar-refractivity contribution in [3.63, 3.8) is 0 Å². The third-order valence-corrected chi connectivity index (χ3v) is 6.40. The van der Waals surface area contributed by atoms with Crippen molar-refractivity contribution in [1.82, 2.24) is 5.32 Å². The van der Waals surface area contributed by atoms with Crippen molar-refractivity contribution >= 4 is 34.8 Å². The number of nitrogens with one attached hydrogen (secondary N) is 2.